The van der Waals surface area contributed by atoms with E-state index in [1.165, 1.54) is 24.4 Å². The van der Waals surface area contributed by atoms with Gasteiger partial charge in [-0.2, -0.15) is 10.4 Å². The number of benzene rings is 2. The van der Waals surface area contributed by atoms with E-state index in [2.05, 4.69) is 43.1 Å². The maximum atomic E-state index is 13.4. The highest BCUT2D eigenvalue weighted by molar-refractivity contribution is 14.1. The van der Waals surface area contributed by atoms with Crippen molar-refractivity contribution >= 4 is 52.0 Å². The van der Waals surface area contributed by atoms with Crippen LogP contribution in [0.3, 0.4) is 0 Å². The molecule has 1 heterocycles. The largest absolute Gasteiger partial charge is 0.365 e. The highest BCUT2D eigenvalue weighted by atomic mass is 127. The number of nitrogens with one attached hydrogen (secondary N) is 2. The van der Waals surface area contributed by atoms with Gasteiger partial charge in [-0.3, -0.25) is 9.89 Å². The molecule has 7 nitrogen and oxygen atoms in total. The summed E-state index contributed by atoms with van der Waals surface area (Å²) in [6, 6.07) is 13.4. The molecular weight excluding hydrogens is 474 g/mol. The minimum Gasteiger partial charge on any atom is -0.365 e. The summed E-state index contributed by atoms with van der Waals surface area (Å²) >= 11 is 2.26. The molecule has 3 aromatic rings. The molecule has 28 heavy (non-hydrogen) atoms. The molecule has 1 amide bonds. The van der Waals surface area contributed by atoms with Gasteiger partial charge in [0, 0.05) is 16.3 Å². The van der Waals surface area contributed by atoms with Crippen molar-refractivity contribution in [1.29, 1.82) is 5.26 Å². The summed E-state index contributed by atoms with van der Waals surface area (Å²) in [6.07, 6.45) is 1.38. The predicted molar refractivity (Wildman–Crippen MR) is 113 cm³/mol. The molecule has 0 fully saturated rings. The molecule has 0 unspecified atom stereocenters. The Morgan fingerprint density at radius 2 is 2.21 bits per heavy atom. The van der Waals surface area contributed by atoms with E-state index >= 15 is 0 Å². The number of anilines is 2. The van der Waals surface area contributed by atoms with Crippen molar-refractivity contribution in [3.63, 3.8) is 0 Å². The van der Waals surface area contributed by atoms with Crippen LogP contribution in [-0.2, 0) is 4.43 Å². The monoisotopic (exact) mass is 488 g/mol. The van der Waals surface area contributed by atoms with Crippen molar-refractivity contribution in [1.82, 2.24) is 10.2 Å². The number of hydrogen-bond donors (Lipinski definition) is 3. The van der Waals surface area contributed by atoms with E-state index in [0.717, 1.165) is 15.7 Å². The van der Waals surface area contributed by atoms with Gasteiger partial charge in [-0.15, -0.1) is 0 Å². The lowest BCUT2D eigenvalue weighted by Crippen LogP contribution is -2.12. The fourth-order valence-corrected chi connectivity index (χ4v) is 2.95. The molecule has 0 aliphatic heterocycles. The Kier molecular flexibility index (Phi) is 6.00. The van der Waals surface area contributed by atoms with Gasteiger partial charge in [0.1, 0.15) is 23.3 Å². The Morgan fingerprint density at radius 3 is 2.93 bits per heavy atom. The van der Waals surface area contributed by atoms with E-state index in [4.69, 9.17) is 11.0 Å². The lowest BCUT2D eigenvalue weighted by Gasteiger charge is -2.06. The molecule has 0 saturated carbocycles. The molecule has 0 aliphatic carbocycles. The summed E-state index contributed by atoms with van der Waals surface area (Å²) in [5.41, 5.74) is 7.87. The number of nitrogens with zero attached hydrogens (tertiary/aromatic N) is 3. The molecule has 0 spiro atoms. The summed E-state index contributed by atoms with van der Waals surface area (Å²) in [4.78, 5) is 16.1. The number of H-pyrrole nitrogens is 1. The van der Waals surface area contributed by atoms with E-state index in [1.54, 1.807) is 6.07 Å². The van der Waals surface area contributed by atoms with Crippen LogP contribution in [0.15, 0.2) is 47.5 Å². The highest BCUT2D eigenvalue weighted by Gasteiger charge is 2.18. The Bertz CT molecular complexity index is 1100. The zero-order valence-corrected chi connectivity index (χ0v) is 16.6. The third-order valence-corrected chi connectivity index (χ3v) is 4.67. The minimum atomic E-state index is -0.703. The molecule has 0 atom stereocenters. The lowest BCUT2D eigenvalue weighted by atomic mass is 10.1. The van der Waals surface area contributed by atoms with Crippen molar-refractivity contribution in [2.75, 3.05) is 5.32 Å². The fraction of sp³-hybridized carbons (Fsp3) is 0.0526. The summed E-state index contributed by atoms with van der Waals surface area (Å²) in [5.74, 6) is -0.910. The van der Waals surface area contributed by atoms with E-state index < -0.39 is 11.7 Å². The quantitative estimate of drug-likeness (QED) is 0.277. The molecule has 0 bridgehead atoms. The van der Waals surface area contributed by atoms with Crippen molar-refractivity contribution in [3.8, 4) is 6.07 Å². The number of amides is 1. The molecule has 3 rings (SSSR count). The molecule has 9 heteroatoms. The molecule has 0 aliphatic rings. The number of carbonyl (C=O) groups excluding carboxylic acids is 1. The Balaban J connectivity index is 1.90. The molecule has 4 N–H and O–H groups in total. The van der Waals surface area contributed by atoms with Crippen LogP contribution in [0.4, 0.5) is 21.7 Å². The maximum Gasteiger partial charge on any atom is 0.256 e. The number of alkyl halides is 1. The van der Waals surface area contributed by atoms with Crippen LogP contribution >= 0.6 is 22.6 Å². The van der Waals surface area contributed by atoms with Gasteiger partial charge >= 0.3 is 0 Å². The molecule has 1 aromatic heterocycles. The predicted octanol–water partition coefficient (Wildman–Crippen LogP) is 3.95. The summed E-state index contributed by atoms with van der Waals surface area (Å²) in [7, 11) is 0. The van der Waals surface area contributed by atoms with Gasteiger partial charge in [0.05, 0.1) is 5.56 Å². The van der Waals surface area contributed by atoms with Crippen LogP contribution < -0.4 is 11.1 Å². The Labute approximate surface area is 173 Å². The van der Waals surface area contributed by atoms with Gasteiger partial charge in [0.2, 0.25) is 0 Å². The van der Waals surface area contributed by atoms with Crippen LogP contribution in [0.1, 0.15) is 27.0 Å². The number of halogens is 2. The zero-order chi connectivity index (χ0) is 20.1. The second kappa shape index (κ2) is 8.62. The topological polar surface area (TPSA) is 120 Å². The van der Waals surface area contributed by atoms with E-state index in [-0.39, 0.29) is 16.9 Å². The van der Waals surface area contributed by atoms with E-state index in [1.807, 2.05) is 24.3 Å². The number of hydrogen-bond acceptors (Lipinski definition) is 5. The standard InChI is InChI=1S/C19H14FIN6O/c20-15-5-4-12(6-13(15)9-22)10-24-18-16(17(23)28)19(27-26-18)25-14-3-1-2-11(7-14)8-21/h1-7,10H,8H2,(H2,23,28)(H2,25,26,27). The van der Waals surface area contributed by atoms with Crippen LogP contribution in [0.25, 0.3) is 0 Å². The van der Waals surface area contributed by atoms with Crippen LogP contribution in [0.5, 0.6) is 0 Å². The number of rotatable bonds is 6. The molecule has 140 valence electrons. The number of nitrogens with two attached hydrogens (primary N) is 1. The zero-order valence-electron chi connectivity index (χ0n) is 14.4. The first-order valence-corrected chi connectivity index (χ1v) is 9.58. The van der Waals surface area contributed by atoms with Gasteiger partial charge in [-0.1, -0.05) is 40.8 Å². The van der Waals surface area contributed by atoms with Crippen LogP contribution in [0.2, 0.25) is 0 Å². The second-order valence-electron chi connectivity index (χ2n) is 5.73. The van der Waals surface area contributed by atoms with Crippen molar-refractivity contribution in [3.05, 3.63) is 70.5 Å². The number of primary amides is 1. The maximum absolute atomic E-state index is 13.4. The Hall–Kier alpha value is -3.26. The first-order valence-electron chi connectivity index (χ1n) is 8.05. The lowest BCUT2D eigenvalue weighted by molar-refractivity contribution is 0.100. The fourth-order valence-electron chi connectivity index (χ4n) is 2.47. The Morgan fingerprint density at radius 1 is 1.39 bits per heavy atom. The van der Waals surface area contributed by atoms with Crippen molar-refractivity contribution in [2.24, 2.45) is 10.7 Å². The molecule has 2 aromatic carbocycles. The number of aromatic amines is 1. The second-order valence-corrected chi connectivity index (χ2v) is 6.49. The molecular formula is C19H14FIN6O. The first-order chi connectivity index (χ1) is 13.5. The average Bonchev–Trinajstić information content (AvgIpc) is 3.10. The number of aliphatic imine (C=N–C) groups is 1. The summed E-state index contributed by atoms with van der Waals surface area (Å²) in [5, 5.41) is 18.7. The van der Waals surface area contributed by atoms with E-state index in [9.17, 15) is 9.18 Å². The highest BCUT2D eigenvalue weighted by Crippen LogP contribution is 2.27. The smallest absolute Gasteiger partial charge is 0.256 e. The van der Waals surface area contributed by atoms with Crippen LogP contribution in [-0.4, -0.2) is 22.3 Å². The molecule has 0 radical (unpaired) electrons. The average molecular weight is 488 g/mol. The van der Waals surface area contributed by atoms with Gasteiger partial charge < -0.3 is 11.1 Å². The van der Waals surface area contributed by atoms with Crippen molar-refractivity contribution in [2.45, 2.75) is 4.43 Å². The third kappa shape index (κ3) is 4.34. The third-order valence-electron chi connectivity index (χ3n) is 3.79. The minimum absolute atomic E-state index is 0.0860. The number of nitriles is 1. The first kappa shape index (κ1) is 19.5. The van der Waals surface area contributed by atoms with Gasteiger partial charge in [0.25, 0.3) is 5.91 Å². The number of aromatic nitrogens is 2. The van der Waals surface area contributed by atoms with Gasteiger partial charge in [0.15, 0.2) is 5.82 Å². The number of carbonyl (C=O) groups is 1. The summed E-state index contributed by atoms with van der Waals surface area (Å²) < 4.78 is 14.3. The summed E-state index contributed by atoms with van der Waals surface area (Å²) in [6.45, 7) is 0. The normalized spacial score (nSPS) is 10.8. The SMILES string of the molecule is N#Cc1cc(C=Nc2n[nH]c(Nc3cccc(CI)c3)c2C(N)=O)ccc1F. The molecule has 0 saturated heterocycles. The van der Waals surface area contributed by atoms with Gasteiger partial charge in [-0.25, -0.2) is 9.38 Å². The van der Waals surface area contributed by atoms with Gasteiger partial charge in [-0.05, 0) is 35.4 Å². The van der Waals surface area contributed by atoms with Crippen molar-refractivity contribution < 1.29 is 9.18 Å². The van der Waals surface area contributed by atoms with E-state index in [0.29, 0.717) is 11.4 Å². The van der Waals surface area contributed by atoms with Crippen LogP contribution in [0, 0.1) is 17.1 Å².